The molecule has 6 heteroatoms. The van der Waals surface area contributed by atoms with E-state index in [-0.39, 0.29) is 31.1 Å². The monoisotopic (exact) mass is 835 g/mol. The topological polar surface area (TPSA) is 78.9 Å². The predicted octanol–water partition coefficient (Wildman–Crippen LogP) is 16.8. The fraction of sp³-hybridized carbons (Fsp3) is 0.943. The van der Waals surface area contributed by atoms with Crippen LogP contribution in [0.2, 0.25) is 0 Å². The largest absolute Gasteiger partial charge is 0.462 e. The van der Waals surface area contributed by atoms with E-state index in [1.807, 2.05) is 0 Å². The van der Waals surface area contributed by atoms with E-state index in [4.69, 9.17) is 14.2 Å². The fourth-order valence-electron chi connectivity index (χ4n) is 7.91. The van der Waals surface area contributed by atoms with Crippen LogP contribution in [0.1, 0.15) is 286 Å². The van der Waals surface area contributed by atoms with Crippen LogP contribution in [-0.2, 0) is 28.6 Å². The molecule has 1 unspecified atom stereocenters. The minimum Gasteiger partial charge on any atom is -0.462 e. The van der Waals surface area contributed by atoms with Gasteiger partial charge in [0.15, 0.2) is 6.10 Å². The summed E-state index contributed by atoms with van der Waals surface area (Å²) in [6, 6.07) is 0. The molecule has 0 aromatic heterocycles. The Balaban J connectivity index is 4.29. The summed E-state index contributed by atoms with van der Waals surface area (Å²) in [6.45, 7) is 13.7. The molecule has 0 heterocycles. The molecule has 0 bridgehead atoms. The summed E-state index contributed by atoms with van der Waals surface area (Å²) in [5, 5.41) is 0. The maximum absolute atomic E-state index is 12.8. The van der Waals surface area contributed by atoms with Gasteiger partial charge in [-0.15, -0.1) is 0 Å². The molecule has 0 N–H and O–H groups in total. The quantitative estimate of drug-likeness (QED) is 0.0345. The van der Waals surface area contributed by atoms with Gasteiger partial charge in [-0.2, -0.15) is 0 Å². The molecule has 0 aliphatic heterocycles. The highest BCUT2D eigenvalue weighted by Gasteiger charge is 2.19. The van der Waals surface area contributed by atoms with Crippen LogP contribution in [0.4, 0.5) is 0 Å². The average molecular weight is 835 g/mol. The van der Waals surface area contributed by atoms with Gasteiger partial charge in [0.2, 0.25) is 0 Å². The minimum absolute atomic E-state index is 0.0651. The maximum atomic E-state index is 12.8. The van der Waals surface area contributed by atoms with Crippen LogP contribution in [0.15, 0.2) is 0 Å². The maximum Gasteiger partial charge on any atom is 0.306 e. The number of hydrogen-bond donors (Lipinski definition) is 0. The van der Waals surface area contributed by atoms with Crippen molar-refractivity contribution in [2.45, 2.75) is 292 Å². The molecule has 0 saturated carbocycles. The second kappa shape index (κ2) is 44.5. The van der Waals surface area contributed by atoms with Crippen LogP contribution in [-0.4, -0.2) is 37.2 Å². The van der Waals surface area contributed by atoms with E-state index in [1.165, 1.54) is 167 Å². The molecule has 0 aliphatic carbocycles. The number of hydrogen-bond acceptors (Lipinski definition) is 6. The molecule has 0 fully saturated rings. The van der Waals surface area contributed by atoms with E-state index in [0.717, 1.165) is 75.5 Å². The Hall–Kier alpha value is -1.59. The highest BCUT2D eigenvalue weighted by atomic mass is 16.6. The Bertz CT molecular complexity index is 916. The number of unbranched alkanes of at least 4 members (excludes halogenated alkanes) is 28. The van der Waals surface area contributed by atoms with Gasteiger partial charge in [-0.05, 0) is 37.0 Å². The van der Waals surface area contributed by atoms with Crippen LogP contribution >= 0.6 is 0 Å². The van der Waals surface area contributed by atoms with E-state index in [1.54, 1.807) is 0 Å². The Morgan fingerprint density at radius 2 is 0.593 bits per heavy atom. The van der Waals surface area contributed by atoms with Crippen molar-refractivity contribution in [3.8, 4) is 0 Å². The van der Waals surface area contributed by atoms with Gasteiger partial charge in [0.05, 0.1) is 0 Å². The van der Waals surface area contributed by atoms with Crippen molar-refractivity contribution in [1.29, 1.82) is 0 Å². The molecule has 0 saturated heterocycles. The standard InChI is InChI=1S/C53H102O6/c1-7-49(6)41-35-29-25-26-31-37-43-52(55)58-46-50(59-53(56)44-38-32-24-20-16-12-14-18-22-28-34-40-48(4)5)45-57-51(54)42-36-30-23-19-15-11-9-8-10-13-17-21-27-33-39-47(2)3/h47-50H,7-46H2,1-6H3/t49?,50-/m0/s1. The summed E-state index contributed by atoms with van der Waals surface area (Å²) in [7, 11) is 0. The van der Waals surface area contributed by atoms with Crippen LogP contribution in [0.5, 0.6) is 0 Å². The summed E-state index contributed by atoms with van der Waals surface area (Å²) < 4.78 is 16.8. The second-order valence-electron chi connectivity index (χ2n) is 19.4. The lowest BCUT2D eigenvalue weighted by molar-refractivity contribution is -0.167. The van der Waals surface area contributed by atoms with Gasteiger partial charge >= 0.3 is 17.9 Å². The zero-order chi connectivity index (χ0) is 43.4. The molecule has 0 spiro atoms. The zero-order valence-electron chi connectivity index (χ0n) is 40.5. The van der Waals surface area contributed by atoms with Crippen molar-refractivity contribution < 1.29 is 28.6 Å². The Labute approximate surface area is 368 Å². The fourth-order valence-corrected chi connectivity index (χ4v) is 7.91. The molecule has 0 amide bonds. The summed E-state index contributed by atoms with van der Waals surface area (Å²) >= 11 is 0. The summed E-state index contributed by atoms with van der Waals surface area (Å²) in [4.78, 5) is 37.9. The second-order valence-corrected chi connectivity index (χ2v) is 19.4. The third kappa shape index (κ3) is 45.8. The lowest BCUT2D eigenvalue weighted by Gasteiger charge is -2.18. The minimum atomic E-state index is -0.763. The van der Waals surface area contributed by atoms with Crippen molar-refractivity contribution in [2.24, 2.45) is 17.8 Å². The van der Waals surface area contributed by atoms with Crippen LogP contribution in [0.3, 0.4) is 0 Å². The molecule has 59 heavy (non-hydrogen) atoms. The molecule has 350 valence electrons. The van der Waals surface area contributed by atoms with Gasteiger partial charge in [-0.3, -0.25) is 14.4 Å². The number of rotatable bonds is 46. The molecule has 0 aliphatic rings. The van der Waals surface area contributed by atoms with Gasteiger partial charge in [0.25, 0.3) is 0 Å². The molecule has 0 rings (SSSR count). The van der Waals surface area contributed by atoms with Crippen LogP contribution < -0.4 is 0 Å². The lowest BCUT2D eigenvalue weighted by Crippen LogP contribution is -2.30. The van der Waals surface area contributed by atoms with Crippen molar-refractivity contribution in [2.75, 3.05) is 13.2 Å². The molecule has 0 aromatic rings. The first-order chi connectivity index (χ1) is 28.6. The van der Waals surface area contributed by atoms with Gasteiger partial charge < -0.3 is 14.2 Å². The first kappa shape index (κ1) is 57.4. The highest BCUT2D eigenvalue weighted by molar-refractivity contribution is 5.71. The predicted molar refractivity (Wildman–Crippen MR) is 252 cm³/mol. The smallest absolute Gasteiger partial charge is 0.306 e. The lowest BCUT2D eigenvalue weighted by atomic mass is 10.00. The summed E-state index contributed by atoms with van der Waals surface area (Å²) in [6.07, 6.45) is 43.8. The number of carbonyl (C=O) groups is 3. The third-order valence-corrected chi connectivity index (χ3v) is 12.3. The van der Waals surface area contributed by atoms with Gasteiger partial charge in [-0.1, -0.05) is 247 Å². The first-order valence-electron chi connectivity index (χ1n) is 26.1. The first-order valence-corrected chi connectivity index (χ1v) is 26.1. The van der Waals surface area contributed by atoms with Gasteiger partial charge in [0.1, 0.15) is 13.2 Å². The summed E-state index contributed by atoms with van der Waals surface area (Å²) in [5.41, 5.74) is 0. The van der Waals surface area contributed by atoms with E-state index < -0.39 is 6.10 Å². The number of esters is 3. The molecule has 0 aromatic carbocycles. The van der Waals surface area contributed by atoms with Crippen molar-refractivity contribution in [1.82, 2.24) is 0 Å². The Morgan fingerprint density at radius 3 is 0.881 bits per heavy atom. The van der Waals surface area contributed by atoms with E-state index >= 15 is 0 Å². The van der Waals surface area contributed by atoms with Crippen LogP contribution in [0.25, 0.3) is 0 Å². The van der Waals surface area contributed by atoms with Crippen molar-refractivity contribution >= 4 is 17.9 Å². The normalized spacial score (nSPS) is 12.6. The van der Waals surface area contributed by atoms with Gasteiger partial charge in [-0.25, -0.2) is 0 Å². The average Bonchev–Trinajstić information content (AvgIpc) is 3.20. The van der Waals surface area contributed by atoms with E-state index in [0.29, 0.717) is 19.3 Å². The van der Waals surface area contributed by atoms with Crippen LogP contribution in [0, 0.1) is 17.8 Å². The third-order valence-electron chi connectivity index (χ3n) is 12.3. The van der Waals surface area contributed by atoms with Crippen molar-refractivity contribution in [3.05, 3.63) is 0 Å². The van der Waals surface area contributed by atoms with Gasteiger partial charge in [0, 0.05) is 19.3 Å². The van der Waals surface area contributed by atoms with E-state index in [2.05, 4.69) is 41.5 Å². The van der Waals surface area contributed by atoms with E-state index in [9.17, 15) is 14.4 Å². The SMILES string of the molecule is CCC(C)CCCCCCCCC(=O)OC[C@H](COC(=O)CCCCCCCCCCCCCCCCC(C)C)OC(=O)CCCCCCCCCCCCCC(C)C. The zero-order valence-corrected chi connectivity index (χ0v) is 40.5. The Morgan fingerprint density at radius 1 is 0.339 bits per heavy atom. The van der Waals surface area contributed by atoms with Crippen molar-refractivity contribution in [3.63, 3.8) is 0 Å². The number of carbonyl (C=O) groups excluding carboxylic acids is 3. The molecular formula is C53H102O6. The molecule has 0 radical (unpaired) electrons. The molecular weight excluding hydrogens is 733 g/mol. The molecule has 6 nitrogen and oxygen atoms in total. The molecule has 2 atom stereocenters. The Kier molecular flexibility index (Phi) is 43.3. The highest BCUT2D eigenvalue weighted by Crippen LogP contribution is 2.18. The number of ether oxygens (including phenoxy) is 3. The summed E-state index contributed by atoms with van der Waals surface area (Å²) in [5.74, 6) is 1.63.